The summed E-state index contributed by atoms with van der Waals surface area (Å²) in [5.74, 6) is -1.21. The zero-order valence-electron chi connectivity index (χ0n) is 14.3. The van der Waals surface area contributed by atoms with Crippen LogP contribution >= 0.6 is 0 Å². The minimum Gasteiger partial charge on any atom is -0.391 e. The molecule has 1 saturated heterocycles. The van der Waals surface area contributed by atoms with Crippen molar-refractivity contribution in [2.75, 3.05) is 24.5 Å². The summed E-state index contributed by atoms with van der Waals surface area (Å²) in [6.07, 6.45) is -0.0564. The third kappa shape index (κ3) is 4.56. The number of nitrogens with one attached hydrogen (secondary N) is 2. The highest BCUT2D eigenvalue weighted by atomic mass is 19.1. The van der Waals surface area contributed by atoms with Gasteiger partial charge in [-0.2, -0.15) is 0 Å². The van der Waals surface area contributed by atoms with E-state index in [0.717, 1.165) is 0 Å². The maximum atomic E-state index is 13.8. The van der Waals surface area contributed by atoms with Crippen molar-refractivity contribution in [3.05, 3.63) is 29.8 Å². The first-order valence-corrected chi connectivity index (χ1v) is 8.10. The van der Waals surface area contributed by atoms with Gasteiger partial charge in [0.2, 0.25) is 0 Å². The lowest BCUT2D eigenvalue weighted by Gasteiger charge is -2.26. The Morgan fingerprint density at radius 1 is 1.38 bits per heavy atom. The van der Waals surface area contributed by atoms with Gasteiger partial charge >= 0.3 is 6.03 Å². The Bertz CT molecular complexity index is 569. The molecule has 1 aromatic carbocycles. The van der Waals surface area contributed by atoms with Crippen molar-refractivity contribution in [3.8, 4) is 0 Å². The smallest absolute Gasteiger partial charge is 0.315 e. The SMILES string of the molecule is CC(C)(C)C(O)CNC(=O)NC1CCN(c2c(F)cccc2F)C1. The number of carbonyl (C=O) groups excluding carboxylic acids is 1. The Balaban J connectivity index is 1.85. The van der Waals surface area contributed by atoms with Gasteiger partial charge < -0.3 is 20.6 Å². The number of hydrogen-bond acceptors (Lipinski definition) is 3. The summed E-state index contributed by atoms with van der Waals surface area (Å²) in [5, 5.41) is 15.3. The molecule has 0 radical (unpaired) electrons. The average molecular weight is 341 g/mol. The summed E-state index contributed by atoms with van der Waals surface area (Å²) in [6, 6.07) is 3.18. The van der Waals surface area contributed by atoms with Crippen LogP contribution in [0.15, 0.2) is 18.2 Å². The van der Waals surface area contributed by atoms with Crippen LogP contribution in [0.3, 0.4) is 0 Å². The fourth-order valence-electron chi connectivity index (χ4n) is 2.60. The molecule has 24 heavy (non-hydrogen) atoms. The van der Waals surface area contributed by atoms with Gasteiger partial charge in [-0.25, -0.2) is 13.6 Å². The Morgan fingerprint density at radius 2 is 2.00 bits per heavy atom. The number of rotatable bonds is 4. The van der Waals surface area contributed by atoms with Crippen LogP contribution in [0.1, 0.15) is 27.2 Å². The van der Waals surface area contributed by atoms with E-state index in [1.807, 2.05) is 20.8 Å². The third-order valence-electron chi connectivity index (χ3n) is 4.23. The van der Waals surface area contributed by atoms with Crippen molar-refractivity contribution in [3.63, 3.8) is 0 Å². The molecule has 1 aliphatic heterocycles. The molecule has 7 heteroatoms. The Hall–Kier alpha value is -1.89. The number of benzene rings is 1. The molecule has 0 aliphatic carbocycles. The number of anilines is 1. The molecule has 2 rings (SSSR count). The highest BCUT2D eigenvalue weighted by molar-refractivity contribution is 5.74. The lowest BCUT2D eigenvalue weighted by molar-refractivity contribution is 0.0649. The van der Waals surface area contributed by atoms with Crippen molar-refractivity contribution in [2.45, 2.75) is 39.3 Å². The van der Waals surface area contributed by atoms with Crippen LogP contribution in [0.5, 0.6) is 0 Å². The average Bonchev–Trinajstić information content (AvgIpc) is 2.91. The number of hydrogen-bond donors (Lipinski definition) is 3. The first-order chi connectivity index (χ1) is 11.2. The molecule has 134 valence electrons. The van der Waals surface area contributed by atoms with E-state index in [4.69, 9.17) is 0 Å². The molecule has 2 atom stereocenters. The van der Waals surface area contributed by atoms with Gasteiger partial charge in [-0.1, -0.05) is 26.8 Å². The summed E-state index contributed by atoms with van der Waals surface area (Å²) in [6.45, 7) is 6.60. The van der Waals surface area contributed by atoms with Crippen molar-refractivity contribution in [1.82, 2.24) is 10.6 Å². The minimum absolute atomic E-state index is 0.0506. The molecule has 1 aliphatic rings. The van der Waals surface area contributed by atoms with Gasteiger partial charge in [0.05, 0.1) is 6.10 Å². The molecule has 0 saturated carbocycles. The maximum absolute atomic E-state index is 13.8. The monoisotopic (exact) mass is 341 g/mol. The lowest BCUT2D eigenvalue weighted by Crippen LogP contribution is -2.47. The van der Waals surface area contributed by atoms with Crippen molar-refractivity contribution < 1.29 is 18.7 Å². The van der Waals surface area contributed by atoms with Crippen LogP contribution < -0.4 is 15.5 Å². The molecule has 3 N–H and O–H groups in total. The fraction of sp³-hybridized carbons (Fsp3) is 0.588. The van der Waals surface area contributed by atoms with Crippen molar-refractivity contribution in [2.24, 2.45) is 5.41 Å². The first-order valence-electron chi connectivity index (χ1n) is 8.10. The molecule has 0 bridgehead atoms. The number of aliphatic hydroxyl groups is 1. The van der Waals surface area contributed by atoms with Crippen LogP contribution in [0, 0.1) is 17.0 Å². The number of halogens is 2. The van der Waals surface area contributed by atoms with Gasteiger partial charge in [0, 0.05) is 25.7 Å². The minimum atomic E-state index is -0.657. The summed E-state index contributed by atoms with van der Waals surface area (Å²) in [5.41, 5.74) is -0.370. The second kappa shape index (κ2) is 7.34. The lowest BCUT2D eigenvalue weighted by atomic mass is 9.89. The quantitative estimate of drug-likeness (QED) is 0.787. The summed E-state index contributed by atoms with van der Waals surface area (Å²) >= 11 is 0. The highest BCUT2D eigenvalue weighted by Gasteiger charge is 2.28. The van der Waals surface area contributed by atoms with E-state index in [-0.39, 0.29) is 29.7 Å². The molecule has 2 amide bonds. The second-order valence-corrected chi connectivity index (χ2v) is 7.24. The maximum Gasteiger partial charge on any atom is 0.315 e. The van der Waals surface area contributed by atoms with Gasteiger partial charge in [-0.15, -0.1) is 0 Å². The van der Waals surface area contributed by atoms with Crippen molar-refractivity contribution >= 4 is 11.7 Å². The fourth-order valence-corrected chi connectivity index (χ4v) is 2.60. The van der Waals surface area contributed by atoms with Gasteiger partial charge in [0.25, 0.3) is 0 Å². The van der Waals surface area contributed by atoms with Crippen LogP contribution in [-0.2, 0) is 0 Å². The zero-order valence-corrected chi connectivity index (χ0v) is 14.3. The summed E-state index contributed by atoms with van der Waals surface area (Å²) in [4.78, 5) is 13.5. The first kappa shape index (κ1) is 18.4. The Morgan fingerprint density at radius 3 is 2.58 bits per heavy atom. The molecule has 0 spiro atoms. The van der Waals surface area contributed by atoms with E-state index >= 15 is 0 Å². The molecule has 1 aromatic rings. The standard InChI is InChI=1S/C17H25F2N3O2/c1-17(2,3)14(23)9-20-16(24)21-11-7-8-22(10-11)15-12(18)5-4-6-13(15)19/h4-6,11,14,23H,7-10H2,1-3H3,(H2,20,21,24). The number of carbonyl (C=O) groups is 1. The number of nitrogens with zero attached hydrogens (tertiary/aromatic N) is 1. The zero-order chi connectivity index (χ0) is 17.9. The second-order valence-electron chi connectivity index (χ2n) is 7.24. The van der Waals surface area contributed by atoms with Gasteiger partial charge in [-0.05, 0) is 24.0 Å². The van der Waals surface area contributed by atoms with Gasteiger partial charge in [-0.3, -0.25) is 0 Å². The molecule has 2 unspecified atom stereocenters. The molecule has 1 fully saturated rings. The molecule has 0 aromatic heterocycles. The van der Waals surface area contributed by atoms with E-state index in [0.29, 0.717) is 19.5 Å². The predicted octanol–water partition coefficient (Wildman–Crippen LogP) is 2.25. The van der Waals surface area contributed by atoms with Crippen LogP contribution in [-0.4, -0.2) is 42.9 Å². The topological polar surface area (TPSA) is 64.6 Å². The third-order valence-corrected chi connectivity index (χ3v) is 4.23. The van der Waals surface area contributed by atoms with E-state index < -0.39 is 17.7 Å². The molecule has 1 heterocycles. The van der Waals surface area contributed by atoms with Crippen LogP contribution in [0.25, 0.3) is 0 Å². The molecular weight excluding hydrogens is 316 g/mol. The van der Waals surface area contributed by atoms with Crippen LogP contribution in [0.4, 0.5) is 19.3 Å². The predicted molar refractivity (Wildman–Crippen MR) is 89.0 cm³/mol. The molecule has 5 nitrogen and oxygen atoms in total. The van der Waals surface area contributed by atoms with E-state index in [1.165, 1.54) is 18.2 Å². The van der Waals surface area contributed by atoms with E-state index in [2.05, 4.69) is 10.6 Å². The number of aliphatic hydroxyl groups excluding tert-OH is 1. The normalized spacial score (nSPS) is 19.2. The van der Waals surface area contributed by atoms with Crippen molar-refractivity contribution in [1.29, 1.82) is 0 Å². The molecular formula is C17H25F2N3O2. The van der Waals surface area contributed by atoms with Gasteiger partial charge in [0.1, 0.15) is 17.3 Å². The number of para-hydroxylation sites is 1. The Labute approximate surface area is 141 Å². The number of urea groups is 1. The summed E-state index contributed by atoms with van der Waals surface area (Å²) in [7, 11) is 0. The number of amides is 2. The van der Waals surface area contributed by atoms with Gasteiger partial charge in [0.15, 0.2) is 0 Å². The van der Waals surface area contributed by atoms with E-state index in [1.54, 1.807) is 4.90 Å². The highest BCUT2D eigenvalue weighted by Crippen LogP contribution is 2.26. The summed E-state index contributed by atoms with van der Waals surface area (Å²) < 4.78 is 27.6. The largest absolute Gasteiger partial charge is 0.391 e. The Kier molecular flexibility index (Phi) is 5.64. The van der Waals surface area contributed by atoms with Crippen LogP contribution in [0.2, 0.25) is 0 Å². The van der Waals surface area contributed by atoms with E-state index in [9.17, 15) is 18.7 Å².